The molecule has 6 aromatic rings. The zero-order valence-corrected chi connectivity index (χ0v) is 57.6. The number of thiocarbonyl (C=S) groups is 2. The summed E-state index contributed by atoms with van der Waals surface area (Å²) in [7, 11) is -21.5. The number of H-pyrrole nitrogens is 2. The van der Waals surface area contributed by atoms with Gasteiger partial charge in [0.05, 0.1) is 43.8 Å². The first-order valence-corrected chi connectivity index (χ1v) is 36.2. The number of phosphoric ester groups is 4. The van der Waals surface area contributed by atoms with Crippen molar-refractivity contribution in [2.45, 2.75) is 126 Å². The number of aliphatic hydroxyl groups excluding tert-OH is 4. The molecule has 8 rings (SSSR count). The van der Waals surface area contributed by atoms with Crippen LogP contribution < -0.4 is 70.7 Å². The molecule has 2 saturated heterocycles. The summed E-state index contributed by atoms with van der Waals surface area (Å²) in [6.07, 6.45) is -1.25. The lowest BCUT2D eigenvalue weighted by Gasteiger charge is -2.31. The Morgan fingerprint density at radius 2 is 0.969 bits per heavy atom. The number of nitrogens with one attached hydrogen (secondary N) is 4. The van der Waals surface area contributed by atoms with Gasteiger partial charge in [-0.1, -0.05) is 118 Å². The third-order valence-electron chi connectivity index (χ3n) is 14.1. The van der Waals surface area contributed by atoms with E-state index in [0.29, 0.717) is 37.3 Å². The number of nitrogens with zero attached hydrogens (tertiary/aromatic N) is 3. The van der Waals surface area contributed by atoms with Crippen LogP contribution in [0.2, 0.25) is 0 Å². The molecule has 2 aliphatic rings. The van der Waals surface area contributed by atoms with Gasteiger partial charge in [-0.3, -0.25) is 47.0 Å². The van der Waals surface area contributed by atoms with E-state index < -0.39 is 116 Å². The van der Waals surface area contributed by atoms with Gasteiger partial charge in [0.1, 0.15) is 36.6 Å². The molecule has 4 heterocycles. The summed E-state index contributed by atoms with van der Waals surface area (Å²) in [5.41, 5.74) is 2.26. The van der Waals surface area contributed by atoms with E-state index in [1.165, 1.54) is 5.39 Å². The number of phosphoric acid groups is 4. The number of quaternary nitrogens is 3. The maximum Gasteiger partial charge on any atom is 0.330 e. The Labute approximate surface area is 560 Å². The van der Waals surface area contributed by atoms with Gasteiger partial charge in [0.2, 0.25) is 0 Å². The zero-order chi connectivity index (χ0) is 68.5. The molecule has 96 heavy (non-hydrogen) atoms. The molecule has 4 aromatic carbocycles. The fourth-order valence-corrected chi connectivity index (χ4v) is 13.8. The van der Waals surface area contributed by atoms with Gasteiger partial charge < -0.3 is 96.2 Å². The Kier molecular flexibility index (Phi) is 34.9. The van der Waals surface area contributed by atoms with Crippen molar-refractivity contribution in [2.75, 3.05) is 44.8 Å². The summed E-state index contributed by atoms with van der Waals surface area (Å²) in [4.78, 5) is 102. The number of hydrogen-bond donors (Lipinski definition) is 11. The summed E-state index contributed by atoms with van der Waals surface area (Å²) in [5, 5.41) is 54.4. The quantitative estimate of drug-likeness (QED) is 0.0121. The zero-order valence-electron chi connectivity index (χ0n) is 52.3. The predicted octanol–water partition coefficient (Wildman–Crippen LogP) is 3.67. The molecule has 12 unspecified atom stereocenters. The fraction of sp³-hybridized carbons (Fsp3) is 0.464. The Hall–Kier alpha value is -5.59. The smallest absolute Gasteiger partial charge is 0.330 e. The molecule has 0 spiro atoms. The minimum Gasteiger partial charge on any atom is -0.756 e. The topological polar surface area (TPSA) is 562 Å². The predicted molar refractivity (Wildman–Crippen MR) is 353 cm³/mol. The number of unbranched alkanes of at least 4 members (excludes halogenated alkanes) is 10. The van der Waals surface area contributed by atoms with Gasteiger partial charge >= 0.3 is 11.4 Å². The van der Waals surface area contributed by atoms with Crippen LogP contribution in [0.25, 0.3) is 21.5 Å². The fourth-order valence-electron chi connectivity index (χ4n) is 9.45. The number of isothiocyanates is 1. The van der Waals surface area contributed by atoms with Crippen LogP contribution in [0.1, 0.15) is 89.5 Å². The van der Waals surface area contributed by atoms with Crippen LogP contribution in [0.15, 0.2) is 134 Å². The lowest BCUT2D eigenvalue weighted by molar-refractivity contribution is -0.368. The van der Waals surface area contributed by atoms with Crippen molar-refractivity contribution in [3.8, 4) is 0 Å². The number of benzene rings is 4. The van der Waals surface area contributed by atoms with Crippen molar-refractivity contribution in [3.05, 3.63) is 151 Å². The van der Waals surface area contributed by atoms with Crippen LogP contribution in [0.5, 0.6) is 0 Å². The van der Waals surface area contributed by atoms with E-state index in [1.807, 2.05) is 82.8 Å². The SMILES string of the molecule is O=c1ccn(C2OC(COP(=O)([O-])OP(=O)([O-])OCCCCCCCCNC(=S)Nc3cccc4ccccc34)C(O)C2O)c(=O)[nH]1.S=C=Nc1cccc2ccccc12.[NH3+]CCCCCCCCOP(=O)([O-])OP(=O)([O-])OCC1OC(n2ccc(=O)[nH]c2=O)C(O)C1O.[NH4+].[NH4+]. The van der Waals surface area contributed by atoms with E-state index in [-0.39, 0.29) is 25.5 Å². The van der Waals surface area contributed by atoms with Crippen molar-refractivity contribution in [1.82, 2.24) is 36.7 Å². The van der Waals surface area contributed by atoms with Crippen molar-refractivity contribution >= 4 is 98.9 Å². The van der Waals surface area contributed by atoms with Gasteiger partial charge in [-0.2, -0.15) is 4.99 Å². The molecule has 2 fully saturated rings. The van der Waals surface area contributed by atoms with Gasteiger partial charge in [-0.05, 0) is 79.4 Å². The number of rotatable bonds is 33. The van der Waals surface area contributed by atoms with Crippen molar-refractivity contribution in [1.29, 1.82) is 0 Å². The first kappa shape index (κ1) is 82.8. The molecule has 0 aliphatic carbocycles. The first-order chi connectivity index (χ1) is 44.7. The molecule has 19 N–H and O–H groups in total. The molecule has 2 aromatic heterocycles. The van der Waals surface area contributed by atoms with Gasteiger partial charge in [0, 0.05) is 47.5 Å². The highest BCUT2D eigenvalue weighted by molar-refractivity contribution is 7.80. The Bertz CT molecular complexity index is 3930. The number of ether oxygens (including phenoxy) is 2. The second-order valence-corrected chi connectivity index (χ2v) is 27.6. The van der Waals surface area contributed by atoms with Crippen LogP contribution in [0, 0.1) is 0 Å². The van der Waals surface area contributed by atoms with Crippen LogP contribution in [0.4, 0.5) is 11.4 Å². The minimum absolute atomic E-state index is 0. The highest BCUT2D eigenvalue weighted by Gasteiger charge is 2.46. The van der Waals surface area contributed by atoms with E-state index in [1.54, 1.807) is 0 Å². The van der Waals surface area contributed by atoms with Crippen LogP contribution in [0.3, 0.4) is 0 Å². The number of anilines is 1. The van der Waals surface area contributed by atoms with E-state index in [0.717, 1.165) is 119 Å². The second-order valence-electron chi connectivity index (χ2n) is 21.0. The van der Waals surface area contributed by atoms with Crippen LogP contribution in [-0.4, -0.2) is 126 Å². The van der Waals surface area contributed by atoms with Crippen molar-refractivity contribution in [3.63, 3.8) is 0 Å². The molecule has 2 aliphatic heterocycles. The maximum absolute atomic E-state index is 12.1. The van der Waals surface area contributed by atoms with Crippen LogP contribution >= 0.6 is 55.7 Å². The monoisotopic (exact) mass is 1470 g/mol. The minimum atomic E-state index is -5.49. The summed E-state index contributed by atoms with van der Waals surface area (Å²) in [6, 6.07) is 30.0. The second kappa shape index (κ2) is 40.5. The lowest BCUT2D eigenvalue weighted by Crippen LogP contribution is -2.50. The summed E-state index contributed by atoms with van der Waals surface area (Å²) in [6.45, 7) is -0.892. The number of aromatic amines is 2. The molecule has 532 valence electrons. The highest BCUT2D eigenvalue weighted by Crippen LogP contribution is 2.57. The Morgan fingerprint density at radius 1 is 0.562 bits per heavy atom. The molecule has 12 atom stereocenters. The standard InChI is InChI=1S/C28H38N4O12P2S.C17H31N3O12P2.C11H7NS.2H3N/c33-23-14-16-32(28(36)31-23)26-25(35)24(34)22(43-26)18-42-46(39,40)44-45(37,38)41-17-8-4-2-1-3-7-15-29-27(47)30-21-13-9-11-19-10-5-6-12-20(19)21;18-8-5-3-1-2-4-6-10-29-33(25,26)32-34(27,28)30-11-12-14(22)15(23)16(31-12)20-9-7-13(21)19-17(20)24;13-8-12-11-7-3-5-9-4-1-2-6-10(9)11;;/h5-6,9-14,16,22,24-26,34-35H,1-4,7-8,15,17-18H2,(H,37,38)(H,39,40)(H2,29,30,47)(H,31,33,36);7,9,12,14-16,22-23H,1-6,8,10-11,18H2,(H,25,26)(H,27,28)(H,19,21,24);1-7H;2*1H3/p-1. The van der Waals surface area contributed by atoms with E-state index in [2.05, 4.69) is 77.6 Å². The van der Waals surface area contributed by atoms with Gasteiger partial charge in [0.15, 0.2) is 17.6 Å². The summed E-state index contributed by atoms with van der Waals surface area (Å²) >= 11 is 9.98. The summed E-state index contributed by atoms with van der Waals surface area (Å²) < 4.78 is 86.2. The number of hydrogen-bond acceptors (Lipinski definition) is 27. The number of fused-ring (bicyclic) bond motifs is 2. The molecule has 34 nitrogen and oxygen atoms in total. The van der Waals surface area contributed by atoms with E-state index in [4.69, 9.17) is 21.7 Å². The van der Waals surface area contributed by atoms with Gasteiger partial charge in [-0.25, -0.2) is 18.2 Å². The van der Waals surface area contributed by atoms with Crippen molar-refractivity contribution < 1.29 is 100 Å². The van der Waals surface area contributed by atoms with Gasteiger partial charge in [0.25, 0.3) is 42.4 Å². The molecule has 0 amide bonds. The Morgan fingerprint density at radius 3 is 1.44 bits per heavy atom. The molecule has 0 bridgehead atoms. The lowest BCUT2D eigenvalue weighted by atomic mass is 10.1. The first-order valence-electron chi connectivity index (χ1n) is 29.5. The third kappa shape index (κ3) is 26.9. The average Bonchev–Trinajstić information content (AvgIpc) is 1.65. The van der Waals surface area contributed by atoms with E-state index >= 15 is 0 Å². The molecular weight excluding hydrogens is 1380 g/mol. The van der Waals surface area contributed by atoms with E-state index in [9.17, 15) is 77.4 Å². The number of aliphatic imine (C=N–C) groups is 1. The number of aliphatic hydroxyl groups is 4. The maximum atomic E-state index is 12.1. The number of aromatic nitrogens is 4. The molecule has 40 heteroatoms. The normalized spacial score (nSPS) is 21.4. The Balaban J connectivity index is 0.000000347. The highest BCUT2D eigenvalue weighted by atomic mass is 32.1. The van der Waals surface area contributed by atoms with Crippen molar-refractivity contribution in [2.24, 2.45) is 4.99 Å². The summed E-state index contributed by atoms with van der Waals surface area (Å²) in [5.74, 6) is 0. The van der Waals surface area contributed by atoms with Crippen LogP contribution in [-0.2, 0) is 54.5 Å². The molecular formula is C56H81N10O24P4S2-. The average molecular weight is 1470 g/mol. The largest absolute Gasteiger partial charge is 0.756 e. The molecule has 0 radical (unpaired) electrons. The third-order valence-corrected chi connectivity index (χ3v) is 19.6. The molecule has 0 saturated carbocycles. The van der Waals surface area contributed by atoms with Gasteiger partial charge in [-0.15, -0.1) is 0 Å².